The summed E-state index contributed by atoms with van der Waals surface area (Å²) in [5, 5.41) is 6.09. The molecule has 1 aromatic heterocycles. The van der Waals surface area contributed by atoms with Crippen LogP contribution in [0.5, 0.6) is 5.75 Å². The largest absolute Gasteiger partial charge is 0.493 e. The van der Waals surface area contributed by atoms with Crippen molar-refractivity contribution < 1.29 is 13.9 Å². The number of carbonyl (C=O) groups is 1. The van der Waals surface area contributed by atoms with Crippen LogP contribution in [0.25, 0.3) is 11.1 Å². The number of benzene rings is 2. The van der Waals surface area contributed by atoms with Gasteiger partial charge in [-0.2, -0.15) is 10.1 Å². The number of methoxy groups -OCH3 is 1. The van der Waals surface area contributed by atoms with Crippen LogP contribution in [0.15, 0.2) is 50.4 Å². The van der Waals surface area contributed by atoms with E-state index in [1.54, 1.807) is 7.11 Å². The van der Waals surface area contributed by atoms with Gasteiger partial charge in [0.2, 0.25) is 5.91 Å². The zero-order valence-electron chi connectivity index (χ0n) is 14.8. The number of rotatable bonds is 3. The molecule has 0 saturated carbocycles. The number of fused-ring (bicyclic) bond motifs is 1. The Kier molecular flexibility index (Phi) is 4.35. The third-order valence-corrected chi connectivity index (χ3v) is 5.04. The Hall–Kier alpha value is -2.87. The van der Waals surface area contributed by atoms with Crippen LogP contribution in [0.2, 0.25) is 0 Å². The molecule has 0 fully saturated rings. The minimum Gasteiger partial charge on any atom is -0.493 e. The molecule has 1 unspecified atom stereocenters. The van der Waals surface area contributed by atoms with Crippen LogP contribution in [0.3, 0.4) is 0 Å². The van der Waals surface area contributed by atoms with Gasteiger partial charge in [-0.3, -0.25) is 4.79 Å². The van der Waals surface area contributed by atoms with Crippen LogP contribution >= 0.6 is 15.9 Å². The maximum Gasteiger partial charge on any atom is 0.293 e. The van der Waals surface area contributed by atoms with Gasteiger partial charge in [0.05, 0.1) is 18.9 Å². The number of halogens is 1. The molecule has 2 heterocycles. The first-order valence-electron chi connectivity index (χ1n) is 8.33. The normalized spacial score (nSPS) is 16.6. The SMILES string of the molecule is COc1cc(C2=NN(C(C)=O)C(c3ccc(Br)cc3)C2)cc2nc(N)oc12. The number of hydrazone groups is 1. The summed E-state index contributed by atoms with van der Waals surface area (Å²) >= 11 is 3.44. The number of hydrogen-bond acceptors (Lipinski definition) is 6. The van der Waals surface area contributed by atoms with Crippen LogP contribution < -0.4 is 10.5 Å². The van der Waals surface area contributed by atoms with Crippen LogP contribution in [-0.2, 0) is 4.79 Å². The van der Waals surface area contributed by atoms with Gasteiger partial charge in [0.25, 0.3) is 6.01 Å². The third-order valence-electron chi connectivity index (χ3n) is 4.51. The van der Waals surface area contributed by atoms with E-state index in [1.807, 2.05) is 36.4 Å². The number of hydrogen-bond donors (Lipinski definition) is 1. The van der Waals surface area contributed by atoms with E-state index >= 15 is 0 Å². The highest BCUT2D eigenvalue weighted by Gasteiger charge is 2.32. The molecular formula is C19H17BrN4O3. The van der Waals surface area contributed by atoms with Crippen molar-refractivity contribution in [2.45, 2.75) is 19.4 Å². The maximum atomic E-state index is 12.2. The molecule has 138 valence electrons. The van der Waals surface area contributed by atoms with E-state index < -0.39 is 0 Å². The number of oxazole rings is 1. The molecule has 1 aliphatic heterocycles. The Bertz CT molecular complexity index is 1060. The predicted octanol–water partition coefficient (Wildman–Crippen LogP) is 3.88. The first-order chi connectivity index (χ1) is 13.0. The van der Waals surface area contributed by atoms with E-state index in [2.05, 4.69) is 26.0 Å². The Morgan fingerprint density at radius 1 is 1.33 bits per heavy atom. The molecule has 4 rings (SSSR count). The fourth-order valence-corrected chi connectivity index (χ4v) is 3.52. The third kappa shape index (κ3) is 3.16. The quantitative estimate of drug-likeness (QED) is 0.682. The van der Waals surface area contributed by atoms with Crippen molar-refractivity contribution in [3.8, 4) is 5.75 Å². The van der Waals surface area contributed by atoms with E-state index in [0.29, 0.717) is 23.3 Å². The molecular weight excluding hydrogens is 412 g/mol. The van der Waals surface area contributed by atoms with Gasteiger partial charge in [-0.25, -0.2) is 5.01 Å². The Balaban J connectivity index is 1.75. The molecule has 1 amide bonds. The Labute approximate surface area is 163 Å². The van der Waals surface area contributed by atoms with Crippen molar-refractivity contribution in [2.75, 3.05) is 12.8 Å². The van der Waals surface area contributed by atoms with Gasteiger partial charge in [0, 0.05) is 23.4 Å². The van der Waals surface area contributed by atoms with Crippen LogP contribution in [-0.4, -0.2) is 28.7 Å². The summed E-state index contributed by atoms with van der Waals surface area (Å²) in [4.78, 5) is 16.3. The highest BCUT2D eigenvalue weighted by molar-refractivity contribution is 9.10. The molecule has 3 aromatic rings. The lowest BCUT2D eigenvalue weighted by atomic mass is 9.98. The van der Waals surface area contributed by atoms with Gasteiger partial charge in [0.15, 0.2) is 11.3 Å². The second kappa shape index (κ2) is 6.70. The topological polar surface area (TPSA) is 94.0 Å². The fraction of sp³-hybridized carbons (Fsp3) is 0.211. The number of nitrogens with zero attached hydrogens (tertiary/aromatic N) is 3. The van der Waals surface area contributed by atoms with Crippen molar-refractivity contribution >= 4 is 44.7 Å². The molecule has 0 saturated heterocycles. The van der Waals surface area contributed by atoms with Crippen molar-refractivity contribution in [3.05, 3.63) is 52.0 Å². The lowest BCUT2D eigenvalue weighted by Gasteiger charge is -2.20. The highest BCUT2D eigenvalue weighted by Crippen LogP contribution is 2.36. The minimum absolute atomic E-state index is 0.0758. The van der Waals surface area contributed by atoms with Gasteiger partial charge < -0.3 is 14.9 Å². The first-order valence-corrected chi connectivity index (χ1v) is 9.12. The second-order valence-electron chi connectivity index (χ2n) is 6.26. The lowest BCUT2D eigenvalue weighted by molar-refractivity contribution is -0.130. The van der Waals surface area contributed by atoms with E-state index in [4.69, 9.17) is 14.9 Å². The summed E-state index contributed by atoms with van der Waals surface area (Å²) in [5.41, 5.74) is 9.36. The number of carbonyl (C=O) groups excluding carboxylic acids is 1. The monoisotopic (exact) mass is 428 g/mol. The molecule has 2 N–H and O–H groups in total. The fourth-order valence-electron chi connectivity index (χ4n) is 3.26. The summed E-state index contributed by atoms with van der Waals surface area (Å²) in [7, 11) is 1.56. The molecule has 0 radical (unpaired) electrons. The standard InChI is InChI=1S/C19H17BrN4O3/c1-10(25)24-16(11-3-5-13(20)6-4-11)9-14(23-24)12-7-15-18(17(8-12)26-2)27-19(21)22-15/h3-8,16H,9H2,1-2H3,(H2,21,22). The van der Waals surface area contributed by atoms with E-state index in [-0.39, 0.29) is 18.0 Å². The molecule has 0 aliphatic carbocycles. The average Bonchev–Trinajstić information content (AvgIpc) is 3.24. The maximum absolute atomic E-state index is 12.2. The number of amides is 1. The van der Waals surface area contributed by atoms with E-state index in [1.165, 1.54) is 11.9 Å². The van der Waals surface area contributed by atoms with Gasteiger partial charge in [-0.05, 0) is 29.8 Å². The number of anilines is 1. The molecule has 1 atom stereocenters. The molecule has 2 aromatic carbocycles. The van der Waals surface area contributed by atoms with E-state index in [9.17, 15) is 4.79 Å². The highest BCUT2D eigenvalue weighted by atomic mass is 79.9. The number of aromatic nitrogens is 1. The van der Waals surface area contributed by atoms with Gasteiger partial charge in [0.1, 0.15) is 5.52 Å². The van der Waals surface area contributed by atoms with Crippen LogP contribution in [0.4, 0.5) is 6.01 Å². The molecule has 1 aliphatic rings. The molecule has 0 spiro atoms. The van der Waals surface area contributed by atoms with Crippen molar-refractivity contribution in [1.29, 1.82) is 0 Å². The Morgan fingerprint density at radius 3 is 2.74 bits per heavy atom. The number of ether oxygens (including phenoxy) is 1. The predicted molar refractivity (Wildman–Crippen MR) is 106 cm³/mol. The average molecular weight is 429 g/mol. The minimum atomic E-state index is -0.158. The molecule has 0 bridgehead atoms. The van der Waals surface area contributed by atoms with Gasteiger partial charge in [-0.1, -0.05) is 28.1 Å². The first kappa shape index (κ1) is 17.5. The van der Waals surface area contributed by atoms with E-state index in [0.717, 1.165) is 21.3 Å². The molecule has 7 nitrogen and oxygen atoms in total. The lowest BCUT2D eigenvalue weighted by Crippen LogP contribution is -2.24. The summed E-state index contributed by atoms with van der Waals surface area (Å²) in [6.45, 7) is 1.51. The van der Waals surface area contributed by atoms with Crippen LogP contribution in [0.1, 0.15) is 30.5 Å². The summed E-state index contributed by atoms with van der Waals surface area (Å²) in [5.74, 6) is 0.410. The zero-order chi connectivity index (χ0) is 19.1. The zero-order valence-corrected chi connectivity index (χ0v) is 16.4. The molecule has 8 heteroatoms. The second-order valence-corrected chi connectivity index (χ2v) is 7.18. The van der Waals surface area contributed by atoms with Gasteiger partial charge >= 0.3 is 0 Å². The number of nitrogen functional groups attached to an aromatic ring is 1. The van der Waals surface area contributed by atoms with Crippen molar-refractivity contribution in [2.24, 2.45) is 5.10 Å². The Morgan fingerprint density at radius 2 is 2.07 bits per heavy atom. The van der Waals surface area contributed by atoms with Crippen molar-refractivity contribution in [3.63, 3.8) is 0 Å². The smallest absolute Gasteiger partial charge is 0.293 e. The van der Waals surface area contributed by atoms with Crippen LogP contribution in [0, 0.1) is 0 Å². The summed E-state index contributed by atoms with van der Waals surface area (Å²) in [6, 6.07) is 11.5. The van der Waals surface area contributed by atoms with Crippen molar-refractivity contribution in [1.82, 2.24) is 9.99 Å². The van der Waals surface area contributed by atoms with Gasteiger partial charge in [-0.15, -0.1) is 0 Å². The molecule has 27 heavy (non-hydrogen) atoms. The summed E-state index contributed by atoms with van der Waals surface area (Å²) < 4.78 is 11.8. The number of nitrogens with two attached hydrogens (primary N) is 1. The summed E-state index contributed by atoms with van der Waals surface area (Å²) in [6.07, 6.45) is 0.587.